The minimum Gasteiger partial charge on any atom is -0.350 e. The normalized spacial score (nSPS) is 17.5. The van der Waals surface area contributed by atoms with Crippen LogP contribution in [0.2, 0.25) is 0 Å². The maximum Gasteiger partial charge on any atom is 0.165 e. The zero-order valence-corrected chi connectivity index (χ0v) is 23.7. The highest BCUT2D eigenvalue weighted by atomic mass is 16.1. The lowest BCUT2D eigenvalue weighted by molar-refractivity contribution is -0.122. The molecule has 0 bridgehead atoms. The number of benzene rings is 3. The highest BCUT2D eigenvalue weighted by Gasteiger charge is 2.32. The van der Waals surface area contributed by atoms with E-state index in [1.807, 2.05) is 42.1 Å². The van der Waals surface area contributed by atoms with Gasteiger partial charge in [0.15, 0.2) is 5.78 Å². The van der Waals surface area contributed by atoms with Crippen LogP contribution in [0.4, 0.5) is 0 Å². The standard InChI is InChI=1S/C37H39NO2/c1-26-14-16-29(17-15-26)22-23-30-20-18-28(19-21-30)8-6-13-36(39)32-11-7-9-31(27(32)2)24-37(40)34-25-38(3)35-12-5-4-10-33(34)35/h4-5,10,12,14-23,25,31-32H,2,6-9,11,13,24H2,1,3H3/b23-22+/t31?,32-/m1/s1. The molecule has 3 heteroatoms. The molecule has 0 saturated heterocycles. The molecule has 0 radical (unpaired) electrons. The molecule has 1 unspecified atom stereocenters. The van der Waals surface area contributed by atoms with Crippen molar-refractivity contribution >= 4 is 34.6 Å². The number of allylic oxidation sites excluding steroid dienone is 1. The van der Waals surface area contributed by atoms with Crippen LogP contribution in [0, 0.1) is 18.8 Å². The molecular formula is C37H39NO2. The number of hydrogen-bond acceptors (Lipinski definition) is 2. The summed E-state index contributed by atoms with van der Waals surface area (Å²) < 4.78 is 2.01. The van der Waals surface area contributed by atoms with Gasteiger partial charge >= 0.3 is 0 Å². The minimum absolute atomic E-state index is 0.0784. The van der Waals surface area contributed by atoms with Crippen LogP contribution in [0.15, 0.2) is 91.1 Å². The molecule has 5 rings (SSSR count). The van der Waals surface area contributed by atoms with Gasteiger partial charge in [-0.25, -0.2) is 0 Å². The van der Waals surface area contributed by atoms with Crippen LogP contribution in [0.3, 0.4) is 0 Å². The van der Waals surface area contributed by atoms with Gasteiger partial charge in [-0.1, -0.05) is 103 Å². The molecule has 40 heavy (non-hydrogen) atoms. The van der Waals surface area contributed by atoms with E-state index in [1.54, 1.807) is 0 Å². The average molecular weight is 530 g/mol. The Kier molecular flexibility index (Phi) is 8.60. The molecule has 2 atom stereocenters. The second kappa shape index (κ2) is 12.5. The molecule has 0 spiro atoms. The summed E-state index contributed by atoms with van der Waals surface area (Å²) in [4.78, 5) is 26.5. The summed E-state index contributed by atoms with van der Waals surface area (Å²) in [5.41, 5.74) is 7.68. The van der Waals surface area contributed by atoms with Gasteiger partial charge in [0.25, 0.3) is 0 Å². The fourth-order valence-electron chi connectivity index (χ4n) is 6.03. The zero-order chi connectivity index (χ0) is 28.1. The van der Waals surface area contributed by atoms with Crippen LogP contribution in [0.5, 0.6) is 0 Å². The summed E-state index contributed by atoms with van der Waals surface area (Å²) in [5.74, 6) is 0.390. The topological polar surface area (TPSA) is 39.1 Å². The van der Waals surface area contributed by atoms with Crippen molar-refractivity contribution < 1.29 is 9.59 Å². The Morgan fingerprint density at radius 2 is 1.60 bits per heavy atom. The van der Waals surface area contributed by atoms with E-state index in [0.29, 0.717) is 12.8 Å². The van der Waals surface area contributed by atoms with Gasteiger partial charge in [-0.15, -0.1) is 0 Å². The number of hydrogen-bond donors (Lipinski definition) is 0. The Balaban J connectivity index is 1.12. The first kappa shape index (κ1) is 27.6. The van der Waals surface area contributed by atoms with Crippen molar-refractivity contribution in [2.24, 2.45) is 18.9 Å². The van der Waals surface area contributed by atoms with E-state index in [1.165, 1.54) is 22.3 Å². The van der Waals surface area contributed by atoms with Crippen molar-refractivity contribution in [3.8, 4) is 0 Å². The summed E-state index contributed by atoms with van der Waals surface area (Å²) in [7, 11) is 1.98. The molecule has 0 N–H and O–H groups in total. The van der Waals surface area contributed by atoms with E-state index in [4.69, 9.17) is 0 Å². The van der Waals surface area contributed by atoms with Gasteiger partial charge in [0.2, 0.25) is 0 Å². The Hall–Kier alpha value is -3.98. The molecule has 0 amide bonds. The third-order valence-electron chi connectivity index (χ3n) is 8.45. The summed E-state index contributed by atoms with van der Waals surface area (Å²) in [6.45, 7) is 6.44. The molecule has 204 valence electrons. The van der Waals surface area contributed by atoms with Gasteiger partial charge < -0.3 is 4.57 Å². The molecule has 1 heterocycles. The van der Waals surface area contributed by atoms with Gasteiger partial charge in [-0.2, -0.15) is 0 Å². The molecule has 1 aliphatic carbocycles. The summed E-state index contributed by atoms with van der Waals surface area (Å²) in [6.07, 6.45) is 11.7. The van der Waals surface area contributed by atoms with Crippen LogP contribution in [0.1, 0.15) is 71.1 Å². The number of rotatable bonds is 10. The lowest BCUT2D eigenvalue weighted by Gasteiger charge is -2.31. The number of aromatic nitrogens is 1. The van der Waals surface area contributed by atoms with Crippen LogP contribution in [-0.4, -0.2) is 16.1 Å². The maximum absolute atomic E-state index is 13.3. The lowest BCUT2D eigenvalue weighted by atomic mass is 9.73. The van der Waals surface area contributed by atoms with E-state index in [0.717, 1.165) is 54.1 Å². The first-order chi connectivity index (χ1) is 19.4. The second-order valence-corrected chi connectivity index (χ2v) is 11.4. The van der Waals surface area contributed by atoms with Gasteiger partial charge in [0.05, 0.1) is 0 Å². The third-order valence-corrected chi connectivity index (χ3v) is 8.45. The Morgan fingerprint density at radius 3 is 2.33 bits per heavy atom. The molecule has 1 fully saturated rings. The van der Waals surface area contributed by atoms with E-state index < -0.39 is 0 Å². The SMILES string of the molecule is C=C1C(CC(=O)c2cn(C)c3ccccc23)CCC[C@H]1C(=O)CCCc1ccc(/C=C/c2ccc(C)cc2)cc1. The van der Waals surface area contributed by atoms with Gasteiger partial charge in [-0.05, 0) is 61.3 Å². The molecule has 3 aromatic carbocycles. The van der Waals surface area contributed by atoms with Crippen molar-refractivity contribution in [1.29, 1.82) is 0 Å². The Labute approximate surface area is 238 Å². The molecule has 3 nitrogen and oxygen atoms in total. The molecule has 4 aromatic rings. The predicted octanol–water partition coefficient (Wildman–Crippen LogP) is 8.79. The van der Waals surface area contributed by atoms with Gasteiger partial charge in [-0.3, -0.25) is 9.59 Å². The molecule has 1 aliphatic rings. The quantitative estimate of drug-likeness (QED) is 0.117. The number of fused-ring (bicyclic) bond motifs is 1. The predicted molar refractivity (Wildman–Crippen MR) is 166 cm³/mol. The molecule has 0 aliphatic heterocycles. The highest BCUT2D eigenvalue weighted by molar-refractivity contribution is 6.08. The number of para-hydroxylation sites is 1. The third kappa shape index (κ3) is 6.42. The van der Waals surface area contributed by atoms with Crippen molar-refractivity contribution in [2.75, 3.05) is 0 Å². The number of aryl methyl sites for hydroxylation is 3. The number of Topliss-reactive ketones (excluding diaryl/α,β-unsaturated/α-hetero) is 2. The Morgan fingerprint density at radius 1 is 0.925 bits per heavy atom. The van der Waals surface area contributed by atoms with Gasteiger partial charge in [0, 0.05) is 48.5 Å². The van der Waals surface area contributed by atoms with Crippen LogP contribution >= 0.6 is 0 Å². The fraction of sp³-hybridized carbons (Fsp3) is 0.297. The van der Waals surface area contributed by atoms with Crippen molar-refractivity contribution in [1.82, 2.24) is 4.57 Å². The highest BCUT2D eigenvalue weighted by Crippen LogP contribution is 2.38. The first-order valence-electron chi connectivity index (χ1n) is 14.5. The molecule has 1 aromatic heterocycles. The van der Waals surface area contributed by atoms with Crippen molar-refractivity contribution in [2.45, 2.75) is 51.9 Å². The van der Waals surface area contributed by atoms with E-state index in [-0.39, 0.29) is 23.4 Å². The molecular weight excluding hydrogens is 490 g/mol. The van der Waals surface area contributed by atoms with Crippen molar-refractivity contribution in [3.63, 3.8) is 0 Å². The summed E-state index contributed by atoms with van der Waals surface area (Å²) in [5, 5.41) is 0.999. The number of carbonyl (C=O) groups excluding carboxylic acids is 2. The smallest absolute Gasteiger partial charge is 0.165 e. The van der Waals surface area contributed by atoms with Crippen molar-refractivity contribution in [3.05, 3.63) is 119 Å². The zero-order valence-electron chi connectivity index (χ0n) is 23.7. The fourth-order valence-corrected chi connectivity index (χ4v) is 6.03. The minimum atomic E-state index is -0.117. The second-order valence-electron chi connectivity index (χ2n) is 11.4. The van der Waals surface area contributed by atoms with E-state index in [9.17, 15) is 9.59 Å². The van der Waals surface area contributed by atoms with E-state index in [2.05, 4.69) is 74.2 Å². The van der Waals surface area contributed by atoms with Crippen LogP contribution < -0.4 is 0 Å². The average Bonchev–Trinajstić information content (AvgIpc) is 3.31. The lowest BCUT2D eigenvalue weighted by Crippen LogP contribution is -2.27. The molecule has 1 saturated carbocycles. The Bertz CT molecular complexity index is 1540. The number of ketones is 2. The van der Waals surface area contributed by atoms with E-state index >= 15 is 0 Å². The largest absolute Gasteiger partial charge is 0.350 e. The first-order valence-corrected chi connectivity index (χ1v) is 14.5. The maximum atomic E-state index is 13.3. The number of nitrogens with zero attached hydrogens (tertiary/aromatic N) is 1. The summed E-state index contributed by atoms with van der Waals surface area (Å²) in [6, 6.07) is 25.1. The van der Waals surface area contributed by atoms with Crippen LogP contribution in [0.25, 0.3) is 23.1 Å². The monoisotopic (exact) mass is 529 g/mol. The number of carbonyl (C=O) groups is 2. The summed E-state index contributed by atoms with van der Waals surface area (Å²) >= 11 is 0. The van der Waals surface area contributed by atoms with Crippen LogP contribution in [-0.2, 0) is 18.3 Å². The van der Waals surface area contributed by atoms with Gasteiger partial charge in [0.1, 0.15) is 5.78 Å².